The second kappa shape index (κ2) is 9.20. The van der Waals surface area contributed by atoms with Gasteiger partial charge in [-0.3, -0.25) is 14.4 Å². The highest BCUT2D eigenvalue weighted by Crippen LogP contribution is 2.30. The predicted octanol–water partition coefficient (Wildman–Crippen LogP) is 3.03. The van der Waals surface area contributed by atoms with Crippen molar-refractivity contribution in [3.8, 4) is 5.75 Å². The van der Waals surface area contributed by atoms with Crippen molar-refractivity contribution in [2.45, 2.75) is 19.3 Å². The van der Waals surface area contributed by atoms with E-state index in [0.29, 0.717) is 55.2 Å². The van der Waals surface area contributed by atoms with E-state index in [1.54, 1.807) is 53.3 Å². The smallest absolute Gasteiger partial charge is 0.257 e. The Morgan fingerprint density at radius 1 is 0.871 bits per heavy atom. The van der Waals surface area contributed by atoms with Crippen molar-refractivity contribution in [2.24, 2.45) is 5.92 Å². The van der Waals surface area contributed by atoms with Crippen molar-refractivity contribution in [1.82, 2.24) is 9.80 Å². The number of nitrogens with zero attached hydrogens (tertiary/aromatic N) is 2. The Labute approximate surface area is 182 Å². The predicted molar refractivity (Wildman–Crippen MR) is 117 cm³/mol. The molecule has 2 aliphatic rings. The minimum absolute atomic E-state index is 0.0476. The van der Waals surface area contributed by atoms with E-state index in [1.807, 2.05) is 12.1 Å². The topological polar surface area (TPSA) is 79.0 Å². The van der Waals surface area contributed by atoms with Crippen LogP contribution in [0.1, 0.15) is 40.0 Å². The van der Waals surface area contributed by atoms with E-state index in [9.17, 15) is 14.4 Å². The molecule has 7 nitrogen and oxygen atoms in total. The number of methoxy groups -OCH3 is 1. The lowest BCUT2D eigenvalue weighted by Gasteiger charge is -2.23. The monoisotopic (exact) mass is 421 g/mol. The van der Waals surface area contributed by atoms with Gasteiger partial charge in [-0.2, -0.15) is 0 Å². The van der Waals surface area contributed by atoms with Crippen molar-refractivity contribution in [2.75, 3.05) is 38.6 Å². The van der Waals surface area contributed by atoms with Crippen molar-refractivity contribution >= 4 is 23.4 Å². The first kappa shape index (κ1) is 20.9. The summed E-state index contributed by atoms with van der Waals surface area (Å²) >= 11 is 0. The van der Waals surface area contributed by atoms with Crippen LogP contribution in [-0.4, -0.2) is 60.8 Å². The summed E-state index contributed by atoms with van der Waals surface area (Å²) in [7, 11) is 1.55. The van der Waals surface area contributed by atoms with E-state index in [-0.39, 0.29) is 23.6 Å². The molecule has 1 N–H and O–H groups in total. The van der Waals surface area contributed by atoms with Crippen LogP contribution in [0.15, 0.2) is 48.5 Å². The normalized spacial score (nSPS) is 16.4. The number of ether oxygens (including phenoxy) is 1. The number of hydrogen-bond acceptors (Lipinski definition) is 4. The fourth-order valence-corrected chi connectivity index (χ4v) is 3.78. The molecule has 31 heavy (non-hydrogen) atoms. The summed E-state index contributed by atoms with van der Waals surface area (Å²) in [4.78, 5) is 41.4. The third kappa shape index (κ3) is 4.87. The highest BCUT2D eigenvalue weighted by atomic mass is 16.5. The van der Waals surface area contributed by atoms with Crippen LogP contribution in [0, 0.1) is 5.92 Å². The molecule has 2 fully saturated rings. The molecule has 4 rings (SSSR count). The van der Waals surface area contributed by atoms with Crippen molar-refractivity contribution in [3.63, 3.8) is 0 Å². The Morgan fingerprint density at radius 2 is 1.52 bits per heavy atom. The number of benzene rings is 2. The Hall–Kier alpha value is -3.35. The summed E-state index contributed by atoms with van der Waals surface area (Å²) in [5.41, 5.74) is 1.82. The lowest BCUT2D eigenvalue weighted by atomic mass is 10.1. The molecule has 7 heteroatoms. The van der Waals surface area contributed by atoms with E-state index >= 15 is 0 Å². The molecule has 1 saturated carbocycles. The van der Waals surface area contributed by atoms with Gasteiger partial charge in [0.15, 0.2) is 0 Å². The molecule has 2 aromatic carbocycles. The molecule has 0 atom stereocenters. The SMILES string of the molecule is COc1ccccc1C(=O)N1CCCN(C(=O)c2ccc(NC(=O)C3CC3)cc2)CC1. The summed E-state index contributed by atoms with van der Waals surface area (Å²) in [6, 6.07) is 14.2. The molecule has 0 unspecified atom stereocenters. The van der Waals surface area contributed by atoms with Gasteiger partial charge in [-0.1, -0.05) is 12.1 Å². The van der Waals surface area contributed by atoms with Crippen LogP contribution in [0.4, 0.5) is 5.69 Å². The van der Waals surface area contributed by atoms with Crippen LogP contribution in [-0.2, 0) is 4.79 Å². The Kier molecular flexibility index (Phi) is 6.21. The van der Waals surface area contributed by atoms with E-state index < -0.39 is 0 Å². The van der Waals surface area contributed by atoms with Crippen LogP contribution in [0.3, 0.4) is 0 Å². The minimum atomic E-state index is -0.0810. The van der Waals surface area contributed by atoms with Gasteiger partial charge < -0.3 is 19.9 Å². The zero-order valence-corrected chi connectivity index (χ0v) is 17.7. The van der Waals surface area contributed by atoms with Gasteiger partial charge in [0.05, 0.1) is 12.7 Å². The maximum absolute atomic E-state index is 13.0. The molecular weight excluding hydrogens is 394 g/mol. The Morgan fingerprint density at radius 3 is 2.16 bits per heavy atom. The Bertz CT molecular complexity index is 969. The first-order valence-electron chi connectivity index (χ1n) is 10.7. The van der Waals surface area contributed by atoms with E-state index in [0.717, 1.165) is 12.8 Å². The molecule has 0 bridgehead atoms. The lowest BCUT2D eigenvalue weighted by Crippen LogP contribution is -2.37. The standard InChI is InChI=1S/C24H27N3O4/c1-31-21-6-3-2-5-20(21)24(30)27-14-4-13-26(15-16-27)23(29)18-9-11-19(12-10-18)25-22(28)17-7-8-17/h2-3,5-6,9-12,17H,4,7-8,13-16H2,1H3,(H,25,28). The number of rotatable bonds is 5. The van der Waals surface area contributed by atoms with Crippen LogP contribution >= 0.6 is 0 Å². The second-order valence-electron chi connectivity index (χ2n) is 7.98. The van der Waals surface area contributed by atoms with Crippen LogP contribution in [0.2, 0.25) is 0 Å². The van der Waals surface area contributed by atoms with Crippen LogP contribution in [0.5, 0.6) is 5.75 Å². The van der Waals surface area contributed by atoms with Gasteiger partial charge >= 0.3 is 0 Å². The van der Waals surface area contributed by atoms with Crippen molar-refractivity contribution in [1.29, 1.82) is 0 Å². The largest absolute Gasteiger partial charge is 0.496 e. The van der Waals surface area contributed by atoms with Crippen molar-refractivity contribution < 1.29 is 19.1 Å². The molecule has 1 saturated heterocycles. The highest BCUT2D eigenvalue weighted by molar-refractivity contribution is 5.98. The fraction of sp³-hybridized carbons (Fsp3) is 0.375. The number of anilines is 1. The van der Waals surface area contributed by atoms with E-state index in [4.69, 9.17) is 4.74 Å². The van der Waals surface area contributed by atoms with Gasteiger partial charge in [-0.15, -0.1) is 0 Å². The van der Waals surface area contributed by atoms with Gasteiger partial charge in [0.1, 0.15) is 5.75 Å². The second-order valence-corrected chi connectivity index (χ2v) is 7.98. The fourth-order valence-electron chi connectivity index (χ4n) is 3.78. The van der Waals surface area contributed by atoms with Gasteiger partial charge in [-0.05, 0) is 55.7 Å². The number of carbonyl (C=O) groups excluding carboxylic acids is 3. The van der Waals surface area contributed by atoms with Crippen molar-refractivity contribution in [3.05, 3.63) is 59.7 Å². The van der Waals surface area contributed by atoms with Gasteiger partial charge in [0.2, 0.25) is 5.91 Å². The zero-order chi connectivity index (χ0) is 21.8. The molecule has 162 valence electrons. The lowest BCUT2D eigenvalue weighted by molar-refractivity contribution is -0.117. The van der Waals surface area contributed by atoms with Gasteiger partial charge in [0, 0.05) is 43.3 Å². The zero-order valence-electron chi connectivity index (χ0n) is 17.7. The first-order chi connectivity index (χ1) is 15.1. The highest BCUT2D eigenvalue weighted by Gasteiger charge is 2.29. The number of hydrogen-bond donors (Lipinski definition) is 1. The molecule has 0 radical (unpaired) electrons. The van der Waals surface area contributed by atoms with E-state index in [2.05, 4.69) is 5.32 Å². The minimum Gasteiger partial charge on any atom is -0.496 e. The molecule has 1 heterocycles. The maximum atomic E-state index is 13.0. The number of amides is 3. The Balaban J connectivity index is 1.37. The summed E-state index contributed by atoms with van der Waals surface area (Å²) in [5.74, 6) is 0.596. The molecule has 0 spiro atoms. The average molecular weight is 421 g/mol. The quantitative estimate of drug-likeness (QED) is 0.805. The molecule has 1 aliphatic heterocycles. The summed E-state index contributed by atoms with van der Waals surface area (Å²) in [5, 5.41) is 2.88. The van der Waals surface area contributed by atoms with Crippen LogP contribution in [0.25, 0.3) is 0 Å². The third-order valence-electron chi connectivity index (χ3n) is 5.76. The third-order valence-corrected chi connectivity index (χ3v) is 5.76. The summed E-state index contributed by atoms with van der Waals surface area (Å²) < 4.78 is 5.32. The van der Waals surface area contributed by atoms with E-state index in [1.165, 1.54) is 0 Å². The number of para-hydroxylation sites is 1. The van der Waals surface area contributed by atoms with Crippen LogP contribution < -0.4 is 10.1 Å². The first-order valence-corrected chi connectivity index (χ1v) is 10.7. The molecular formula is C24H27N3O4. The number of carbonyl (C=O) groups is 3. The average Bonchev–Trinajstić information content (AvgIpc) is 3.66. The summed E-state index contributed by atoms with van der Waals surface area (Å²) in [6.45, 7) is 2.12. The number of nitrogens with one attached hydrogen (secondary N) is 1. The molecule has 2 aromatic rings. The molecule has 1 aliphatic carbocycles. The molecule has 0 aromatic heterocycles. The summed E-state index contributed by atoms with van der Waals surface area (Å²) in [6.07, 6.45) is 2.62. The van der Waals surface area contributed by atoms with Gasteiger partial charge in [-0.25, -0.2) is 0 Å². The maximum Gasteiger partial charge on any atom is 0.257 e. The molecule has 3 amide bonds. The van der Waals surface area contributed by atoms with Gasteiger partial charge in [0.25, 0.3) is 11.8 Å².